The average Bonchev–Trinajstić information content (AvgIpc) is 3.11. The molecule has 1 heterocycles. The lowest BCUT2D eigenvalue weighted by atomic mass is 9.72. The summed E-state index contributed by atoms with van der Waals surface area (Å²) in [5.41, 5.74) is 0.0576. The third kappa shape index (κ3) is 3.00. The topological polar surface area (TPSA) is 64.5 Å². The first kappa shape index (κ1) is 19.7. The predicted molar refractivity (Wildman–Crippen MR) is 121 cm³/mol. The molecule has 1 aliphatic heterocycles. The highest BCUT2D eigenvalue weighted by Crippen LogP contribution is 2.51. The molecule has 0 bridgehead atoms. The third-order valence-electron chi connectivity index (χ3n) is 6.07. The van der Waals surface area contributed by atoms with E-state index in [4.69, 9.17) is 0 Å². The molecule has 0 saturated carbocycles. The monoisotopic (exact) mass is 408 g/mol. The highest BCUT2D eigenvalue weighted by molar-refractivity contribution is 5.49. The lowest BCUT2D eigenvalue weighted by molar-refractivity contribution is -0.0701. The quantitative estimate of drug-likeness (QED) is 0.415. The average molecular weight is 409 g/mol. The molecule has 1 aliphatic rings. The molecule has 4 aromatic carbocycles. The molecule has 5 rings (SSSR count). The highest BCUT2D eigenvalue weighted by Gasteiger charge is 2.65. The van der Waals surface area contributed by atoms with Crippen LogP contribution in [-0.4, -0.2) is 10.2 Å². The van der Waals surface area contributed by atoms with Crippen LogP contribution in [0, 0.1) is 0 Å². The van der Waals surface area contributed by atoms with Crippen molar-refractivity contribution in [1.29, 1.82) is 0 Å². The molecule has 4 nitrogen and oxygen atoms in total. The van der Waals surface area contributed by atoms with Crippen molar-refractivity contribution in [3.05, 3.63) is 144 Å². The molecule has 4 heteroatoms. The Labute approximate surface area is 181 Å². The molecule has 1 saturated heterocycles. The Kier molecular flexibility index (Phi) is 4.73. The van der Waals surface area contributed by atoms with Crippen LogP contribution < -0.4 is 10.6 Å². The summed E-state index contributed by atoms with van der Waals surface area (Å²) in [6.45, 7) is 0. The second-order valence-corrected chi connectivity index (χ2v) is 7.88. The molecule has 4 aromatic rings. The zero-order chi connectivity index (χ0) is 21.4. The zero-order valence-corrected chi connectivity index (χ0v) is 16.9. The van der Waals surface area contributed by atoms with Crippen LogP contribution in [0.15, 0.2) is 121 Å². The molecule has 0 spiro atoms. The Balaban J connectivity index is 1.83. The number of hydrogen-bond donors (Lipinski definition) is 4. The number of nitrogens with one attached hydrogen (secondary N) is 2. The summed E-state index contributed by atoms with van der Waals surface area (Å²) in [5.74, 6) is -1.68. The molecule has 0 radical (unpaired) electrons. The van der Waals surface area contributed by atoms with Crippen LogP contribution in [0.25, 0.3) is 0 Å². The molecule has 0 amide bonds. The highest BCUT2D eigenvalue weighted by atomic mass is 16.4. The van der Waals surface area contributed by atoms with Crippen molar-refractivity contribution in [2.75, 3.05) is 0 Å². The van der Waals surface area contributed by atoms with E-state index in [0.29, 0.717) is 11.1 Å². The lowest BCUT2D eigenvalue weighted by Gasteiger charge is -2.42. The van der Waals surface area contributed by atoms with E-state index in [9.17, 15) is 10.2 Å². The van der Waals surface area contributed by atoms with Crippen LogP contribution in [0.3, 0.4) is 0 Å². The summed E-state index contributed by atoms with van der Waals surface area (Å²) in [6.07, 6.45) is 0. The molecule has 31 heavy (non-hydrogen) atoms. The summed E-state index contributed by atoms with van der Waals surface area (Å²) in [7, 11) is 0. The van der Waals surface area contributed by atoms with Gasteiger partial charge in [-0.05, 0) is 11.1 Å². The minimum Gasteiger partial charge on any atom is -0.369 e. The maximum absolute atomic E-state index is 12.4. The van der Waals surface area contributed by atoms with Gasteiger partial charge in [-0.2, -0.15) is 0 Å². The van der Waals surface area contributed by atoms with E-state index >= 15 is 0 Å². The van der Waals surface area contributed by atoms with Crippen LogP contribution in [-0.2, 0) is 17.1 Å². The summed E-state index contributed by atoms with van der Waals surface area (Å²) in [5, 5.41) is 30.9. The first-order valence-corrected chi connectivity index (χ1v) is 10.3. The Bertz CT molecular complexity index is 1110. The molecular formula is C27H24N2O2. The van der Waals surface area contributed by atoms with Gasteiger partial charge in [-0.3, -0.25) is 5.32 Å². The zero-order valence-electron chi connectivity index (χ0n) is 16.9. The largest absolute Gasteiger partial charge is 0.369 e. The van der Waals surface area contributed by atoms with Gasteiger partial charge < -0.3 is 10.2 Å². The van der Waals surface area contributed by atoms with E-state index in [1.165, 1.54) is 0 Å². The molecule has 2 atom stereocenters. The van der Waals surface area contributed by atoms with Gasteiger partial charge >= 0.3 is 0 Å². The summed E-state index contributed by atoms with van der Waals surface area (Å²) >= 11 is 0. The number of hydrogen-bond acceptors (Lipinski definition) is 4. The maximum atomic E-state index is 12.4. The Hall–Kier alpha value is -3.28. The first-order chi connectivity index (χ1) is 15.1. The van der Waals surface area contributed by atoms with Crippen LogP contribution in [0.4, 0.5) is 0 Å². The minimum absolute atomic E-state index is 0.609. The van der Waals surface area contributed by atoms with Gasteiger partial charge in [-0.25, -0.2) is 5.32 Å². The minimum atomic E-state index is -1.68. The van der Waals surface area contributed by atoms with E-state index in [1.807, 2.05) is 121 Å². The van der Waals surface area contributed by atoms with Crippen LogP contribution in [0.5, 0.6) is 0 Å². The van der Waals surface area contributed by atoms with Gasteiger partial charge in [0.05, 0.1) is 0 Å². The van der Waals surface area contributed by atoms with Crippen LogP contribution >= 0.6 is 0 Å². The Morgan fingerprint density at radius 3 is 1.19 bits per heavy atom. The van der Waals surface area contributed by atoms with E-state index in [1.54, 1.807) is 0 Å². The van der Waals surface area contributed by atoms with Gasteiger partial charge in [-0.1, -0.05) is 121 Å². The number of benzene rings is 4. The standard InChI is InChI=1S/C27H24N2O2/c30-26(23-17-9-3-10-18-23)25(21-13-5-1-6-14-21,22-15-7-2-8-16-22)28-27(31,29-26)24-19-11-4-12-20-24/h1-20,28-31H. The first-order valence-electron chi connectivity index (χ1n) is 10.3. The Morgan fingerprint density at radius 1 is 0.419 bits per heavy atom. The fraction of sp³-hybridized carbons (Fsp3) is 0.111. The molecule has 4 N–H and O–H groups in total. The fourth-order valence-electron chi connectivity index (χ4n) is 4.65. The van der Waals surface area contributed by atoms with Gasteiger partial charge in [0.2, 0.25) is 5.85 Å². The lowest BCUT2D eigenvalue weighted by Crippen LogP contribution is -2.56. The molecule has 154 valence electrons. The second kappa shape index (κ2) is 7.45. The van der Waals surface area contributed by atoms with Gasteiger partial charge in [-0.15, -0.1) is 0 Å². The van der Waals surface area contributed by atoms with E-state index in [-0.39, 0.29) is 0 Å². The van der Waals surface area contributed by atoms with Crippen molar-refractivity contribution in [3.63, 3.8) is 0 Å². The van der Waals surface area contributed by atoms with Crippen molar-refractivity contribution in [1.82, 2.24) is 10.6 Å². The van der Waals surface area contributed by atoms with E-state index in [2.05, 4.69) is 10.6 Å². The normalized spacial score (nSPS) is 24.7. The number of aliphatic hydroxyl groups is 2. The number of rotatable bonds is 4. The fourth-order valence-corrected chi connectivity index (χ4v) is 4.65. The third-order valence-corrected chi connectivity index (χ3v) is 6.07. The van der Waals surface area contributed by atoms with Crippen molar-refractivity contribution in [2.45, 2.75) is 17.1 Å². The van der Waals surface area contributed by atoms with Gasteiger partial charge in [0.25, 0.3) is 0 Å². The van der Waals surface area contributed by atoms with E-state index in [0.717, 1.165) is 11.1 Å². The predicted octanol–water partition coefficient (Wildman–Crippen LogP) is 3.77. The van der Waals surface area contributed by atoms with Gasteiger partial charge in [0, 0.05) is 11.1 Å². The summed E-state index contributed by atoms with van der Waals surface area (Å²) in [4.78, 5) is 0. The SMILES string of the molecule is OC1(c2ccccc2)NC(O)(c2ccccc2)C(c2ccccc2)(c2ccccc2)N1. The van der Waals surface area contributed by atoms with Crippen molar-refractivity contribution < 1.29 is 10.2 Å². The van der Waals surface area contributed by atoms with Crippen LogP contribution in [0.1, 0.15) is 22.3 Å². The van der Waals surface area contributed by atoms with Gasteiger partial charge in [0.15, 0.2) is 5.72 Å². The smallest absolute Gasteiger partial charge is 0.203 e. The Morgan fingerprint density at radius 2 is 0.774 bits per heavy atom. The molecule has 1 fully saturated rings. The summed E-state index contributed by atoms with van der Waals surface area (Å²) < 4.78 is 0. The van der Waals surface area contributed by atoms with Crippen molar-refractivity contribution in [2.24, 2.45) is 0 Å². The maximum Gasteiger partial charge on any atom is 0.203 e. The van der Waals surface area contributed by atoms with Crippen molar-refractivity contribution in [3.8, 4) is 0 Å². The summed E-state index contributed by atoms with van der Waals surface area (Å²) in [6, 6.07) is 38.2. The van der Waals surface area contributed by atoms with Crippen LogP contribution in [0.2, 0.25) is 0 Å². The molecular weight excluding hydrogens is 384 g/mol. The van der Waals surface area contributed by atoms with E-state index < -0.39 is 17.1 Å². The van der Waals surface area contributed by atoms with Gasteiger partial charge in [0.1, 0.15) is 5.54 Å². The second-order valence-electron chi connectivity index (χ2n) is 7.88. The molecule has 0 aliphatic carbocycles. The van der Waals surface area contributed by atoms with Crippen molar-refractivity contribution >= 4 is 0 Å². The molecule has 0 aromatic heterocycles. The molecule has 2 unspecified atom stereocenters.